The maximum atomic E-state index is 12.5. The molecule has 0 saturated heterocycles. The molecule has 150 valence electrons. The number of halogens is 1. The van der Waals surface area contributed by atoms with Gasteiger partial charge < -0.3 is 19.9 Å². The lowest BCUT2D eigenvalue weighted by Gasteiger charge is -2.15. The van der Waals surface area contributed by atoms with Crippen LogP contribution in [0.3, 0.4) is 0 Å². The van der Waals surface area contributed by atoms with Gasteiger partial charge in [0.15, 0.2) is 0 Å². The van der Waals surface area contributed by atoms with Gasteiger partial charge in [-0.25, -0.2) is 9.59 Å². The van der Waals surface area contributed by atoms with E-state index in [-0.39, 0.29) is 29.7 Å². The van der Waals surface area contributed by atoms with Gasteiger partial charge in [-0.2, -0.15) is 0 Å². The number of nitrogens with one attached hydrogen (secondary N) is 1. The first-order valence-corrected chi connectivity index (χ1v) is 9.14. The molecule has 0 radical (unpaired) electrons. The topological polar surface area (TPSA) is 117 Å². The molecular formula is C21H18ClNO6. The molecule has 0 fully saturated rings. The molecule has 0 aliphatic rings. The van der Waals surface area contributed by atoms with Crippen molar-refractivity contribution in [1.82, 2.24) is 5.32 Å². The van der Waals surface area contributed by atoms with Crippen LogP contribution >= 0.6 is 11.6 Å². The van der Waals surface area contributed by atoms with Crippen LogP contribution in [0.2, 0.25) is 5.02 Å². The highest BCUT2D eigenvalue weighted by molar-refractivity contribution is 6.30. The molecule has 1 aromatic heterocycles. The average molecular weight is 416 g/mol. The smallest absolute Gasteiger partial charge is 0.340 e. The largest absolute Gasteiger partial charge is 0.508 e. The van der Waals surface area contributed by atoms with Crippen LogP contribution in [0.25, 0.3) is 11.0 Å². The summed E-state index contributed by atoms with van der Waals surface area (Å²) in [5.74, 6) is -1.84. The van der Waals surface area contributed by atoms with Gasteiger partial charge >= 0.3 is 11.6 Å². The van der Waals surface area contributed by atoms with E-state index in [0.29, 0.717) is 21.5 Å². The SMILES string of the molecule is Cc1c(CC(=O)N[C@@H](Cc2ccc(Cl)cc2)C(=O)O)c(=O)oc2cc(O)ccc12. The summed E-state index contributed by atoms with van der Waals surface area (Å²) in [7, 11) is 0. The normalized spacial score (nSPS) is 11.9. The van der Waals surface area contributed by atoms with E-state index in [2.05, 4.69) is 5.32 Å². The maximum Gasteiger partial charge on any atom is 0.340 e. The van der Waals surface area contributed by atoms with E-state index in [1.165, 1.54) is 12.1 Å². The summed E-state index contributed by atoms with van der Waals surface area (Å²) in [5, 5.41) is 22.5. The van der Waals surface area contributed by atoms with Crippen molar-refractivity contribution in [2.24, 2.45) is 0 Å². The van der Waals surface area contributed by atoms with Gasteiger partial charge in [0.05, 0.1) is 12.0 Å². The summed E-state index contributed by atoms with van der Waals surface area (Å²) in [6.45, 7) is 1.67. The summed E-state index contributed by atoms with van der Waals surface area (Å²) < 4.78 is 5.19. The number of phenolic OH excluding ortho intramolecular Hbond substituents is 1. The molecule has 1 heterocycles. The van der Waals surface area contributed by atoms with Gasteiger partial charge in [-0.3, -0.25) is 4.79 Å². The molecule has 3 rings (SSSR count). The van der Waals surface area contributed by atoms with Gasteiger partial charge in [-0.1, -0.05) is 23.7 Å². The Hall–Kier alpha value is -3.32. The van der Waals surface area contributed by atoms with Crippen molar-refractivity contribution in [3.63, 3.8) is 0 Å². The molecule has 8 heteroatoms. The first kappa shape index (κ1) is 20.4. The monoisotopic (exact) mass is 415 g/mol. The minimum absolute atomic E-state index is 0.0444. The molecule has 1 atom stereocenters. The predicted octanol–water partition coefficient (Wildman–Crippen LogP) is 2.82. The molecule has 0 unspecified atom stereocenters. The fourth-order valence-electron chi connectivity index (χ4n) is 3.05. The minimum Gasteiger partial charge on any atom is -0.508 e. The summed E-state index contributed by atoms with van der Waals surface area (Å²) in [5.41, 5.74) is 0.874. The summed E-state index contributed by atoms with van der Waals surface area (Å²) in [4.78, 5) is 36.3. The van der Waals surface area contributed by atoms with Crippen LogP contribution in [0.1, 0.15) is 16.7 Å². The van der Waals surface area contributed by atoms with Crippen LogP contribution in [0, 0.1) is 6.92 Å². The van der Waals surface area contributed by atoms with E-state index in [9.17, 15) is 24.6 Å². The van der Waals surface area contributed by atoms with Crippen LogP contribution in [-0.4, -0.2) is 28.1 Å². The Balaban J connectivity index is 1.79. The van der Waals surface area contributed by atoms with Crippen molar-refractivity contribution in [1.29, 1.82) is 0 Å². The van der Waals surface area contributed by atoms with Crippen molar-refractivity contribution in [2.75, 3.05) is 0 Å². The van der Waals surface area contributed by atoms with E-state index in [0.717, 1.165) is 0 Å². The summed E-state index contributed by atoms with van der Waals surface area (Å²) in [6, 6.07) is 9.84. The molecule has 0 spiro atoms. The minimum atomic E-state index is -1.19. The van der Waals surface area contributed by atoms with Crippen molar-refractivity contribution < 1.29 is 24.2 Å². The number of fused-ring (bicyclic) bond motifs is 1. The van der Waals surface area contributed by atoms with E-state index >= 15 is 0 Å². The molecule has 7 nitrogen and oxygen atoms in total. The number of carboxylic acid groups (broad SMARTS) is 1. The Bertz CT molecular complexity index is 1140. The molecule has 3 aromatic rings. The van der Waals surface area contributed by atoms with Gasteiger partial charge in [0, 0.05) is 22.9 Å². The molecule has 0 bridgehead atoms. The Morgan fingerprint density at radius 3 is 2.52 bits per heavy atom. The number of aliphatic carboxylic acids is 1. The van der Waals surface area contributed by atoms with Gasteiger partial charge in [-0.15, -0.1) is 0 Å². The fourth-order valence-corrected chi connectivity index (χ4v) is 3.18. The van der Waals surface area contributed by atoms with Crippen molar-refractivity contribution in [2.45, 2.75) is 25.8 Å². The highest BCUT2D eigenvalue weighted by atomic mass is 35.5. The standard InChI is InChI=1S/C21H18ClNO6/c1-11-15-7-6-14(24)9-18(15)29-21(28)16(11)10-19(25)23-17(20(26)27)8-12-2-4-13(22)5-3-12/h2-7,9,17,24H,8,10H2,1H3,(H,23,25)(H,26,27)/t17-/m0/s1. The lowest BCUT2D eigenvalue weighted by Crippen LogP contribution is -2.43. The van der Waals surface area contributed by atoms with Crippen molar-refractivity contribution in [3.8, 4) is 5.75 Å². The number of hydrogen-bond acceptors (Lipinski definition) is 5. The lowest BCUT2D eigenvalue weighted by molar-refractivity contribution is -0.141. The number of benzene rings is 2. The number of aromatic hydroxyl groups is 1. The third-order valence-electron chi connectivity index (χ3n) is 4.59. The molecule has 29 heavy (non-hydrogen) atoms. The highest BCUT2D eigenvalue weighted by Crippen LogP contribution is 2.23. The number of carbonyl (C=O) groups is 2. The van der Waals surface area contributed by atoms with Crippen LogP contribution < -0.4 is 10.9 Å². The Kier molecular flexibility index (Phi) is 5.89. The quantitative estimate of drug-likeness (QED) is 0.533. The molecule has 0 saturated carbocycles. The molecular weight excluding hydrogens is 398 g/mol. The van der Waals surface area contributed by atoms with Crippen LogP contribution in [0.4, 0.5) is 0 Å². The number of carbonyl (C=O) groups excluding carboxylic acids is 1. The zero-order valence-electron chi connectivity index (χ0n) is 15.4. The maximum absolute atomic E-state index is 12.5. The average Bonchev–Trinajstić information content (AvgIpc) is 2.66. The Morgan fingerprint density at radius 2 is 1.86 bits per heavy atom. The molecule has 2 aromatic carbocycles. The number of phenols is 1. The number of amides is 1. The zero-order valence-corrected chi connectivity index (χ0v) is 16.2. The second-order valence-corrected chi connectivity index (χ2v) is 7.08. The van der Waals surface area contributed by atoms with Crippen LogP contribution in [0.15, 0.2) is 51.7 Å². The Morgan fingerprint density at radius 1 is 1.17 bits per heavy atom. The molecule has 1 amide bonds. The summed E-state index contributed by atoms with van der Waals surface area (Å²) in [6.07, 6.45) is -0.252. The molecule has 0 aliphatic heterocycles. The number of carboxylic acids is 1. The zero-order chi connectivity index (χ0) is 21.1. The van der Waals surface area contributed by atoms with Crippen molar-refractivity contribution in [3.05, 3.63) is 74.6 Å². The predicted molar refractivity (Wildman–Crippen MR) is 107 cm³/mol. The number of hydrogen-bond donors (Lipinski definition) is 3. The first-order valence-electron chi connectivity index (χ1n) is 8.76. The van der Waals surface area contributed by atoms with E-state index in [1.807, 2.05) is 0 Å². The second kappa shape index (κ2) is 8.36. The summed E-state index contributed by atoms with van der Waals surface area (Å²) >= 11 is 5.83. The number of aryl methyl sites for hydroxylation is 1. The van der Waals surface area contributed by atoms with Gasteiger partial charge in [0.25, 0.3) is 0 Å². The molecule has 3 N–H and O–H groups in total. The van der Waals surface area contributed by atoms with E-state index < -0.39 is 23.5 Å². The van der Waals surface area contributed by atoms with Gasteiger partial charge in [-0.05, 0) is 42.3 Å². The van der Waals surface area contributed by atoms with Crippen LogP contribution in [0.5, 0.6) is 5.75 Å². The third kappa shape index (κ3) is 4.75. The number of rotatable bonds is 6. The van der Waals surface area contributed by atoms with E-state index in [4.69, 9.17) is 16.0 Å². The lowest BCUT2D eigenvalue weighted by atomic mass is 10.0. The Labute approximate surface area is 170 Å². The van der Waals surface area contributed by atoms with Gasteiger partial charge in [0.1, 0.15) is 17.4 Å². The highest BCUT2D eigenvalue weighted by Gasteiger charge is 2.22. The van der Waals surface area contributed by atoms with Gasteiger partial charge in [0.2, 0.25) is 5.91 Å². The third-order valence-corrected chi connectivity index (χ3v) is 4.85. The fraction of sp³-hybridized carbons (Fsp3) is 0.190. The molecule has 0 aliphatic carbocycles. The van der Waals surface area contributed by atoms with E-state index in [1.54, 1.807) is 37.3 Å². The van der Waals surface area contributed by atoms with Crippen LogP contribution in [-0.2, 0) is 22.4 Å². The first-order chi connectivity index (χ1) is 13.7. The van der Waals surface area contributed by atoms with Crippen molar-refractivity contribution >= 4 is 34.4 Å². The second-order valence-electron chi connectivity index (χ2n) is 6.64.